The van der Waals surface area contributed by atoms with Gasteiger partial charge in [-0.15, -0.1) is 11.3 Å². The topological polar surface area (TPSA) is 59.3 Å². The Morgan fingerprint density at radius 2 is 2.15 bits per heavy atom. The predicted octanol–water partition coefficient (Wildman–Crippen LogP) is 4.84. The molecule has 0 aliphatic carbocycles. The van der Waals surface area contributed by atoms with E-state index in [-0.39, 0.29) is 5.97 Å². The van der Waals surface area contributed by atoms with Gasteiger partial charge >= 0.3 is 5.97 Å². The molecule has 0 atom stereocenters. The van der Waals surface area contributed by atoms with E-state index >= 15 is 0 Å². The monoisotopic (exact) mass is 387 g/mol. The zero-order chi connectivity index (χ0) is 18.5. The number of nitriles is 1. The van der Waals surface area contributed by atoms with Crippen LogP contribution < -0.4 is 0 Å². The summed E-state index contributed by atoms with van der Waals surface area (Å²) in [4.78, 5) is 13.8. The highest BCUT2D eigenvalue weighted by atomic mass is 35.5. The Labute approximate surface area is 161 Å². The first-order chi connectivity index (χ1) is 12.6. The van der Waals surface area contributed by atoms with Crippen LogP contribution in [0.4, 0.5) is 0 Å². The van der Waals surface area contributed by atoms with Gasteiger partial charge in [0.15, 0.2) is 0 Å². The van der Waals surface area contributed by atoms with Crippen molar-refractivity contribution < 1.29 is 14.3 Å². The zero-order valence-corrected chi connectivity index (χ0v) is 16.0. The molecular formula is C20H18ClNO3S. The van der Waals surface area contributed by atoms with Crippen molar-refractivity contribution in [1.29, 1.82) is 5.26 Å². The van der Waals surface area contributed by atoms with Crippen LogP contribution in [0.25, 0.3) is 5.57 Å². The fourth-order valence-corrected chi connectivity index (χ4v) is 4.24. The van der Waals surface area contributed by atoms with Gasteiger partial charge in [0.25, 0.3) is 0 Å². The molecule has 4 nitrogen and oxygen atoms in total. The summed E-state index contributed by atoms with van der Waals surface area (Å²) in [7, 11) is 0. The van der Waals surface area contributed by atoms with Gasteiger partial charge in [0.2, 0.25) is 0 Å². The summed E-state index contributed by atoms with van der Waals surface area (Å²) < 4.78 is 10.6. The van der Waals surface area contributed by atoms with Gasteiger partial charge in [0, 0.05) is 21.9 Å². The van der Waals surface area contributed by atoms with Gasteiger partial charge in [0.1, 0.15) is 10.9 Å². The van der Waals surface area contributed by atoms with Crippen molar-refractivity contribution in [3.63, 3.8) is 0 Å². The average molecular weight is 388 g/mol. The number of hydrogen-bond acceptors (Lipinski definition) is 5. The van der Waals surface area contributed by atoms with Crippen molar-refractivity contribution in [3.8, 4) is 6.07 Å². The molecule has 0 radical (unpaired) electrons. The summed E-state index contributed by atoms with van der Waals surface area (Å²) >= 11 is 7.30. The summed E-state index contributed by atoms with van der Waals surface area (Å²) in [6, 6.07) is 9.73. The summed E-state index contributed by atoms with van der Waals surface area (Å²) in [6.07, 6.45) is 3.20. The van der Waals surface area contributed by atoms with Crippen molar-refractivity contribution in [3.05, 3.63) is 61.8 Å². The van der Waals surface area contributed by atoms with Gasteiger partial charge in [-0.3, -0.25) is 0 Å². The zero-order valence-electron chi connectivity index (χ0n) is 14.4. The van der Waals surface area contributed by atoms with Gasteiger partial charge in [0.05, 0.1) is 25.4 Å². The largest absolute Gasteiger partial charge is 0.462 e. The van der Waals surface area contributed by atoms with Gasteiger partial charge in [-0.2, -0.15) is 5.26 Å². The van der Waals surface area contributed by atoms with Crippen molar-refractivity contribution in [2.45, 2.75) is 19.8 Å². The highest BCUT2D eigenvalue weighted by molar-refractivity contribution is 7.15. The number of ether oxygens (including phenoxy) is 2. The van der Waals surface area contributed by atoms with Crippen LogP contribution >= 0.6 is 22.9 Å². The molecule has 0 unspecified atom stereocenters. The van der Waals surface area contributed by atoms with Gasteiger partial charge in [-0.25, -0.2) is 4.79 Å². The van der Waals surface area contributed by atoms with E-state index in [1.54, 1.807) is 19.1 Å². The van der Waals surface area contributed by atoms with Crippen molar-refractivity contribution in [1.82, 2.24) is 0 Å². The lowest BCUT2D eigenvalue weighted by Gasteiger charge is -2.12. The third-order valence-electron chi connectivity index (χ3n) is 4.13. The maximum atomic E-state index is 12.5. The van der Waals surface area contributed by atoms with Crippen molar-refractivity contribution >= 4 is 34.5 Å². The van der Waals surface area contributed by atoms with E-state index < -0.39 is 0 Å². The summed E-state index contributed by atoms with van der Waals surface area (Å²) in [6.45, 7) is 3.22. The van der Waals surface area contributed by atoms with E-state index in [0.29, 0.717) is 41.7 Å². The van der Waals surface area contributed by atoms with Crippen LogP contribution in [0.3, 0.4) is 0 Å². The van der Waals surface area contributed by atoms with E-state index in [2.05, 4.69) is 6.07 Å². The minimum absolute atomic E-state index is 0.297. The van der Waals surface area contributed by atoms with Gasteiger partial charge in [-0.05, 0) is 36.6 Å². The first-order valence-corrected chi connectivity index (χ1v) is 9.58. The normalized spacial score (nSPS) is 13.8. The molecule has 1 aliphatic rings. The third-order valence-corrected chi connectivity index (χ3v) is 5.67. The third kappa shape index (κ3) is 3.99. The Bertz CT molecular complexity index is 878. The molecule has 0 fully saturated rings. The second kappa shape index (κ2) is 8.50. The molecule has 1 aromatic carbocycles. The van der Waals surface area contributed by atoms with E-state index in [1.165, 1.54) is 11.3 Å². The number of hydrogen-bond donors (Lipinski definition) is 0. The van der Waals surface area contributed by atoms with Crippen molar-refractivity contribution in [2.24, 2.45) is 0 Å². The van der Waals surface area contributed by atoms with Gasteiger partial charge < -0.3 is 9.47 Å². The molecule has 3 rings (SSSR count). The quantitative estimate of drug-likeness (QED) is 0.688. The minimum Gasteiger partial charge on any atom is -0.462 e. The Morgan fingerprint density at radius 1 is 1.38 bits per heavy atom. The predicted molar refractivity (Wildman–Crippen MR) is 103 cm³/mol. The smallest absolute Gasteiger partial charge is 0.348 e. The SMILES string of the molecule is CCOC(=O)c1sc(C2=CCOCC2)c(C#N)c1Cc1ccc(Cl)cc1. The lowest BCUT2D eigenvalue weighted by Crippen LogP contribution is -2.06. The summed E-state index contributed by atoms with van der Waals surface area (Å²) in [5.74, 6) is -0.378. The standard InChI is InChI=1S/C20H18ClNO3S/c1-2-25-20(23)19-16(11-13-3-5-15(21)6-4-13)17(12-22)18(26-19)14-7-9-24-10-8-14/h3-7H,2,8-11H2,1H3. The Hall–Kier alpha value is -2.13. The van der Waals surface area contributed by atoms with Crippen LogP contribution in [0.2, 0.25) is 5.02 Å². The molecule has 1 aliphatic heterocycles. The van der Waals surface area contributed by atoms with E-state index in [9.17, 15) is 10.1 Å². The number of esters is 1. The van der Waals surface area contributed by atoms with Crippen molar-refractivity contribution in [2.75, 3.05) is 19.8 Å². The minimum atomic E-state index is -0.378. The molecule has 1 aromatic heterocycles. The molecule has 0 spiro atoms. The van der Waals surface area contributed by atoms with Crippen LogP contribution in [0.15, 0.2) is 30.3 Å². The van der Waals surface area contributed by atoms with Crippen LogP contribution in [-0.4, -0.2) is 25.8 Å². The molecule has 0 amide bonds. The first kappa shape index (κ1) is 18.7. The second-order valence-corrected chi connectivity index (χ2v) is 7.26. The molecule has 2 aromatic rings. The molecule has 0 saturated carbocycles. The Morgan fingerprint density at radius 3 is 2.77 bits per heavy atom. The second-order valence-electron chi connectivity index (χ2n) is 5.80. The van der Waals surface area contributed by atoms with Gasteiger partial charge in [-0.1, -0.05) is 29.8 Å². The summed E-state index contributed by atoms with van der Waals surface area (Å²) in [5.41, 5.74) is 3.33. The maximum Gasteiger partial charge on any atom is 0.348 e. The fourth-order valence-electron chi connectivity index (χ4n) is 2.88. The first-order valence-electron chi connectivity index (χ1n) is 8.38. The number of carbonyl (C=O) groups excluding carboxylic acids is 1. The maximum absolute atomic E-state index is 12.5. The Balaban J connectivity index is 2.08. The number of halogens is 1. The summed E-state index contributed by atoms with van der Waals surface area (Å²) in [5, 5.41) is 10.5. The molecular weight excluding hydrogens is 370 g/mol. The van der Waals surface area contributed by atoms with Crippen LogP contribution in [0, 0.1) is 11.3 Å². The molecule has 26 heavy (non-hydrogen) atoms. The average Bonchev–Trinajstić information content (AvgIpc) is 3.03. The number of nitrogens with zero attached hydrogens (tertiary/aromatic N) is 1. The lowest BCUT2D eigenvalue weighted by atomic mass is 9.97. The highest BCUT2D eigenvalue weighted by Gasteiger charge is 2.26. The van der Waals surface area contributed by atoms with E-state index in [4.69, 9.17) is 21.1 Å². The number of thiophene rings is 1. The van der Waals surface area contributed by atoms with E-state index in [0.717, 1.165) is 28.0 Å². The number of benzene rings is 1. The Kier molecular flexibility index (Phi) is 6.10. The highest BCUT2D eigenvalue weighted by Crippen LogP contribution is 2.37. The lowest BCUT2D eigenvalue weighted by molar-refractivity contribution is 0.0531. The van der Waals surface area contributed by atoms with E-state index in [1.807, 2.05) is 18.2 Å². The molecule has 6 heteroatoms. The molecule has 0 N–H and O–H groups in total. The number of rotatable bonds is 5. The van der Waals surface area contributed by atoms with Crippen LogP contribution in [0.5, 0.6) is 0 Å². The van der Waals surface area contributed by atoms with Crippen LogP contribution in [0.1, 0.15) is 44.6 Å². The molecule has 0 bridgehead atoms. The molecule has 134 valence electrons. The van der Waals surface area contributed by atoms with Crippen LogP contribution in [-0.2, 0) is 15.9 Å². The fraction of sp³-hybridized carbons (Fsp3) is 0.300. The molecule has 2 heterocycles. The number of carbonyl (C=O) groups is 1. The molecule has 0 saturated heterocycles.